The first kappa shape index (κ1) is 63.0. The van der Waals surface area contributed by atoms with Crippen molar-refractivity contribution in [3.8, 4) is 11.5 Å². The summed E-state index contributed by atoms with van der Waals surface area (Å²) < 4.78 is 22.5. The number of hydrogen-bond donors (Lipinski definition) is 6. The second-order valence-corrected chi connectivity index (χ2v) is 23.4. The van der Waals surface area contributed by atoms with E-state index in [1.165, 1.54) is 46.5 Å². The van der Waals surface area contributed by atoms with Gasteiger partial charge in [-0.05, 0) is 178 Å². The van der Waals surface area contributed by atoms with Crippen LogP contribution in [0.1, 0.15) is 94.2 Å². The van der Waals surface area contributed by atoms with Crippen LogP contribution in [0.15, 0.2) is 179 Å². The number of nitrogens with zero attached hydrogens (tertiary/aromatic N) is 5. The Labute approximate surface area is 522 Å². The van der Waals surface area contributed by atoms with Crippen molar-refractivity contribution in [2.75, 3.05) is 79.6 Å². The molecule has 0 radical (unpaired) electrons. The van der Waals surface area contributed by atoms with Gasteiger partial charge in [0.1, 0.15) is 29.6 Å². The van der Waals surface area contributed by atoms with Crippen molar-refractivity contribution in [1.29, 1.82) is 0 Å². The van der Waals surface area contributed by atoms with E-state index in [0.717, 1.165) is 128 Å². The zero-order valence-corrected chi connectivity index (χ0v) is 51.7. The van der Waals surface area contributed by atoms with Crippen LogP contribution >= 0.6 is 11.6 Å². The zero-order valence-electron chi connectivity index (χ0n) is 50.9. The molecule has 0 aliphatic carbocycles. The summed E-state index contributed by atoms with van der Waals surface area (Å²) in [4.78, 5) is 65.2. The summed E-state index contributed by atoms with van der Waals surface area (Å²) in [6.07, 6.45) is 4.48. The molecule has 0 unspecified atom stereocenters. The second kappa shape index (κ2) is 29.8. The lowest BCUT2D eigenvalue weighted by Gasteiger charge is -2.32. The van der Waals surface area contributed by atoms with E-state index < -0.39 is 0 Å². The Morgan fingerprint density at radius 2 is 1.18 bits per heavy atom. The number of amides is 2. The number of aromatic nitrogens is 5. The minimum atomic E-state index is -0.359. The van der Waals surface area contributed by atoms with E-state index in [9.17, 15) is 28.7 Å². The lowest BCUT2D eigenvalue weighted by Crippen LogP contribution is -2.41. The predicted octanol–water partition coefficient (Wildman–Crippen LogP) is 12.1. The highest BCUT2D eigenvalue weighted by Crippen LogP contribution is 2.36. The lowest BCUT2D eigenvalue weighted by molar-refractivity contribution is 0.0934. The van der Waals surface area contributed by atoms with Crippen molar-refractivity contribution in [3.05, 3.63) is 235 Å². The van der Waals surface area contributed by atoms with Gasteiger partial charge in [0.2, 0.25) is 0 Å². The van der Waals surface area contributed by atoms with Gasteiger partial charge in [-0.25, -0.2) is 14.0 Å². The molecule has 18 heteroatoms. The number of ether oxygens (including phenoxy) is 1. The number of likely N-dealkylation sites (tertiary alicyclic amines) is 2. The van der Waals surface area contributed by atoms with Crippen LogP contribution in [-0.2, 0) is 0 Å². The van der Waals surface area contributed by atoms with Gasteiger partial charge in [-0.15, -0.1) is 0 Å². The van der Waals surface area contributed by atoms with Gasteiger partial charge in [0.05, 0.1) is 22.1 Å². The maximum Gasteiger partial charge on any atom is 0.326 e. The molecule has 2 saturated heterocycles. The smallest absolute Gasteiger partial charge is 0.326 e. The predicted molar refractivity (Wildman–Crippen MR) is 355 cm³/mol. The number of para-hydroxylation sites is 2. The quantitative estimate of drug-likeness (QED) is 0.0454. The molecule has 2 amide bonds. The van der Waals surface area contributed by atoms with E-state index in [0.29, 0.717) is 36.0 Å². The monoisotopic (exact) mass is 1220 g/mol. The molecule has 0 bridgehead atoms. The minimum absolute atomic E-state index is 0.0274. The Morgan fingerprint density at radius 1 is 0.618 bits per heavy atom. The SMILES string of the molecule is CC/C(=C(\c1ccc(O)cc1)c1ccc(OCCN(C)C)cc1)c1ccccc1.Cc1ccc2[nH]c(C(=O)NCCN3CCC(n4c(=O)[nH]c5ccccc54)CC3)cc2c1.O=C(NCCN1CCC(n2c(=O)[nH]c3cc(Cl)ccc32)CC1)c1ccc(F)cc1. The van der Waals surface area contributed by atoms with E-state index in [4.69, 9.17) is 16.3 Å². The molecule has 2 fully saturated rings. The van der Waals surface area contributed by atoms with Crippen molar-refractivity contribution in [1.82, 2.24) is 49.4 Å². The van der Waals surface area contributed by atoms with Crippen LogP contribution in [0.25, 0.3) is 44.1 Å². The molecule has 7 aromatic carbocycles. The Balaban J connectivity index is 0.000000147. The van der Waals surface area contributed by atoms with Gasteiger partial charge >= 0.3 is 11.4 Å². The number of nitrogens with one attached hydrogen (secondary N) is 5. The van der Waals surface area contributed by atoms with Gasteiger partial charge in [0, 0.05) is 92.5 Å². The Kier molecular flexibility index (Phi) is 21.1. The van der Waals surface area contributed by atoms with Gasteiger partial charge in [0.25, 0.3) is 11.8 Å². The third-order valence-corrected chi connectivity index (χ3v) is 16.8. The maximum atomic E-state index is 12.9. The summed E-state index contributed by atoms with van der Waals surface area (Å²) in [7, 11) is 4.08. The summed E-state index contributed by atoms with van der Waals surface area (Å²) in [6, 6.07) is 53.4. The number of fused-ring (bicyclic) bond motifs is 3. The van der Waals surface area contributed by atoms with Crippen LogP contribution < -0.4 is 26.7 Å². The number of halogens is 2. The standard InChI is InChI=1S/C26H29NO2.C24H27N5O2.C21H22ClFN4O2/c1-4-25(20-8-6-5-7-9-20)26(21-10-14-23(28)15-11-21)22-12-16-24(17-13-22)29-19-18-27(2)3;1-16-6-7-19-17(14-16)15-21(26-19)23(30)25-10-13-28-11-8-18(9-12-28)29-22-5-3-2-4-20(22)27-24(29)31;22-15-3-6-19-18(13-15)25-21(29)27(19)17-7-10-26(11-8-17)12-9-24-20(28)14-1-4-16(23)5-2-14/h5-17,28H,4,18-19H2,1-3H3;2-7,14-15,18,26H,8-13H2,1H3,(H,25,30)(H,27,31);1-6,13,17H,7-12H2,(H,24,28)(H,25,29)/b26-25-;;. The molecule has 89 heavy (non-hydrogen) atoms. The van der Waals surface area contributed by atoms with Crippen LogP contribution in [0, 0.1) is 12.7 Å². The molecule has 0 saturated carbocycles. The number of aryl methyl sites for hydroxylation is 1. The van der Waals surface area contributed by atoms with Crippen LogP contribution in [0.4, 0.5) is 4.39 Å². The molecule has 462 valence electrons. The lowest BCUT2D eigenvalue weighted by atomic mass is 9.88. The van der Waals surface area contributed by atoms with Gasteiger partial charge in [-0.3, -0.25) is 18.7 Å². The topological polar surface area (TPSA) is 189 Å². The van der Waals surface area contributed by atoms with Crippen molar-refractivity contribution in [3.63, 3.8) is 0 Å². The number of aromatic amines is 3. The average Bonchev–Trinajstić information content (AvgIpc) is 2.54. The fraction of sp³-hybridized carbons (Fsp3) is 0.296. The van der Waals surface area contributed by atoms with Crippen molar-refractivity contribution in [2.45, 2.75) is 58.0 Å². The average molecular weight is 1220 g/mol. The van der Waals surface area contributed by atoms with Crippen molar-refractivity contribution < 1.29 is 23.8 Å². The highest BCUT2D eigenvalue weighted by molar-refractivity contribution is 6.31. The Morgan fingerprint density at radius 3 is 1.80 bits per heavy atom. The van der Waals surface area contributed by atoms with E-state index in [1.807, 2.05) is 109 Å². The molecular formula is C71H78ClFN10O6. The number of aromatic hydroxyl groups is 1. The summed E-state index contributed by atoms with van der Waals surface area (Å²) in [5, 5.41) is 17.3. The van der Waals surface area contributed by atoms with E-state index in [2.05, 4.69) is 89.7 Å². The fourth-order valence-corrected chi connectivity index (χ4v) is 12.1. The molecular weight excluding hydrogens is 1140 g/mol. The molecule has 10 aromatic rings. The first-order valence-electron chi connectivity index (χ1n) is 30.6. The van der Waals surface area contributed by atoms with E-state index >= 15 is 0 Å². The van der Waals surface area contributed by atoms with E-state index in [1.54, 1.807) is 24.3 Å². The number of H-pyrrole nitrogens is 3. The number of carbonyl (C=O) groups is 2. The zero-order chi connectivity index (χ0) is 62.4. The molecule has 0 atom stereocenters. The molecule has 5 heterocycles. The number of likely N-dealkylation sites (N-methyl/N-ethyl adjacent to an activating group) is 1. The largest absolute Gasteiger partial charge is 0.508 e. The highest BCUT2D eigenvalue weighted by atomic mass is 35.5. The summed E-state index contributed by atoms with van der Waals surface area (Å²) in [5.41, 5.74) is 12.5. The number of allylic oxidation sites excluding steroid dienone is 1. The fourth-order valence-electron chi connectivity index (χ4n) is 11.9. The molecule has 6 N–H and O–H groups in total. The Bertz CT molecular complexity index is 4140. The first-order chi connectivity index (χ1) is 43.2. The second-order valence-electron chi connectivity index (χ2n) is 23.0. The molecule has 3 aromatic heterocycles. The molecule has 0 spiro atoms. The molecule has 2 aliphatic heterocycles. The normalized spacial score (nSPS) is 14.5. The number of imidazole rings is 2. The van der Waals surface area contributed by atoms with Gasteiger partial charge in [-0.1, -0.05) is 96.9 Å². The van der Waals surface area contributed by atoms with Crippen molar-refractivity contribution >= 4 is 67.5 Å². The highest BCUT2D eigenvalue weighted by Gasteiger charge is 2.26. The molecule has 16 nitrogen and oxygen atoms in total. The van der Waals surface area contributed by atoms with Crippen LogP contribution in [0.3, 0.4) is 0 Å². The number of piperidine rings is 2. The maximum absolute atomic E-state index is 12.9. The third kappa shape index (κ3) is 16.2. The van der Waals surface area contributed by atoms with Gasteiger partial charge in [-0.2, -0.15) is 0 Å². The number of benzene rings is 7. The van der Waals surface area contributed by atoms with Crippen LogP contribution in [0.5, 0.6) is 11.5 Å². The summed E-state index contributed by atoms with van der Waals surface area (Å²) >= 11 is 6.02. The number of hydrogen-bond acceptors (Lipinski definition) is 9. The number of phenolic OH excluding ortho intramolecular Hbond substituents is 1. The van der Waals surface area contributed by atoms with Gasteiger partial charge in [0.15, 0.2) is 0 Å². The Hall–Kier alpha value is -9.00. The first-order valence-corrected chi connectivity index (χ1v) is 31.0. The molecule has 12 rings (SSSR count). The van der Waals surface area contributed by atoms with Gasteiger partial charge < -0.3 is 50.1 Å². The van der Waals surface area contributed by atoms with Crippen LogP contribution in [0.2, 0.25) is 5.02 Å². The number of rotatable bonds is 18. The summed E-state index contributed by atoms with van der Waals surface area (Å²) in [6.45, 7) is 12.0. The number of phenols is 1. The summed E-state index contributed by atoms with van der Waals surface area (Å²) in [5.74, 6) is 0.508. The molecule has 2 aliphatic rings. The van der Waals surface area contributed by atoms with Crippen LogP contribution in [-0.4, -0.2) is 135 Å². The van der Waals surface area contributed by atoms with Crippen molar-refractivity contribution in [2.24, 2.45) is 0 Å². The minimum Gasteiger partial charge on any atom is -0.508 e. The third-order valence-electron chi connectivity index (χ3n) is 16.6. The van der Waals surface area contributed by atoms with E-state index in [-0.39, 0.29) is 46.8 Å². The number of carbonyl (C=O) groups excluding carboxylic acids is 2.